The molecule has 0 aromatic rings. The lowest BCUT2D eigenvalue weighted by Gasteiger charge is -2.38. The topological polar surface area (TPSA) is 86.9 Å². The highest BCUT2D eigenvalue weighted by molar-refractivity contribution is 7.88. The SMILES string of the molecule is CS(=O)(=O)N1CCN(CC(N)(CO)C2CC2)CC1. The molecule has 1 saturated heterocycles. The fraction of sp³-hybridized carbons (Fsp3) is 1.00. The van der Waals surface area contributed by atoms with Crippen molar-refractivity contribution in [3.8, 4) is 0 Å². The summed E-state index contributed by atoms with van der Waals surface area (Å²) in [5.74, 6) is 0.426. The molecule has 2 aliphatic rings. The molecule has 7 heteroatoms. The Hall–Kier alpha value is -0.210. The number of nitrogens with zero attached hydrogens (tertiary/aromatic N) is 2. The molecule has 0 spiro atoms. The van der Waals surface area contributed by atoms with Crippen LogP contribution in [-0.2, 0) is 10.0 Å². The van der Waals surface area contributed by atoms with Gasteiger partial charge in [-0.2, -0.15) is 4.31 Å². The lowest BCUT2D eigenvalue weighted by atomic mass is 9.94. The van der Waals surface area contributed by atoms with Crippen molar-refractivity contribution in [2.24, 2.45) is 11.7 Å². The summed E-state index contributed by atoms with van der Waals surface area (Å²) in [5.41, 5.74) is 5.72. The number of rotatable bonds is 5. The first-order chi connectivity index (χ1) is 8.35. The first-order valence-electron chi connectivity index (χ1n) is 6.42. The molecule has 18 heavy (non-hydrogen) atoms. The fourth-order valence-electron chi connectivity index (χ4n) is 2.60. The second-order valence-electron chi connectivity index (χ2n) is 5.60. The van der Waals surface area contributed by atoms with E-state index in [9.17, 15) is 13.5 Å². The number of aliphatic hydroxyl groups is 1. The molecular weight excluding hydrogens is 254 g/mol. The van der Waals surface area contributed by atoms with Gasteiger partial charge in [0.25, 0.3) is 0 Å². The van der Waals surface area contributed by atoms with E-state index < -0.39 is 15.6 Å². The average molecular weight is 277 g/mol. The van der Waals surface area contributed by atoms with Crippen molar-refractivity contribution < 1.29 is 13.5 Å². The van der Waals surface area contributed by atoms with Gasteiger partial charge in [-0.3, -0.25) is 4.90 Å². The summed E-state index contributed by atoms with van der Waals surface area (Å²) in [6.45, 7) is 3.09. The Balaban J connectivity index is 1.86. The summed E-state index contributed by atoms with van der Waals surface area (Å²) in [4.78, 5) is 2.16. The highest BCUT2D eigenvalue weighted by atomic mass is 32.2. The van der Waals surface area contributed by atoms with E-state index >= 15 is 0 Å². The van der Waals surface area contributed by atoms with E-state index in [1.165, 1.54) is 10.6 Å². The Labute approximate surface area is 109 Å². The van der Waals surface area contributed by atoms with Crippen LogP contribution in [0.3, 0.4) is 0 Å². The van der Waals surface area contributed by atoms with Crippen molar-refractivity contribution in [2.75, 3.05) is 45.6 Å². The van der Waals surface area contributed by atoms with Crippen molar-refractivity contribution in [1.29, 1.82) is 0 Å². The van der Waals surface area contributed by atoms with Crippen LogP contribution < -0.4 is 5.73 Å². The second kappa shape index (κ2) is 5.05. The van der Waals surface area contributed by atoms with Crippen molar-refractivity contribution >= 4 is 10.0 Å². The second-order valence-corrected chi connectivity index (χ2v) is 7.59. The van der Waals surface area contributed by atoms with E-state index in [0.717, 1.165) is 12.8 Å². The molecule has 2 fully saturated rings. The van der Waals surface area contributed by atoms with Crippen molar-refractivity contribution in [1.82, 2.24) is 9.21 Å². The number of hydrogen-bond donors (Lipinski definition) is 2. The molecule has 0 bridgehead atoms. The highest BCUT2D eigenvalue weighted by Crippen LogP contribution is 2.38. The Kier molecular flexibility index (Phi) is 3.99. The van der Waals surface area contributed by atoms with Crippen LogP contribution in [0.1, 0.15) is 12.8 Å². The normalized spacial score (nSPS) is 27.1. The third-order valence-corrected chi connectivity index (χ3v) is 5.31. The van der Waals surface area contributed by atoms with Gasteiger partial charge in [-0.05, 0) is 18.8 Å². The zero-order valence-electron chi connectivity index (χ0n) is 10.9. The molecule has 0 aromatic heterocycles. The molecule has 0 aromatic carbocycles. The molecular formula is C11H23N3O3S. The quantitative estimate of drug-likeness (QED) is 0.650. The average Bonchev–Trinajstić information content (AvgIpc) is 3.12. The summed E-state index contributed by atoms with van der Waals surface area (Å²) in [6, 6.07) is 0. The Morgan fingerprint density at radius 1 is 1.28 bits per heavy atom. The lowest BCUT2D eigenvalue weighted by molar-refractivity contribution is 0.0995. The Bertz CT molecular complexity index is 388. The van der Waals surface area contributed by atoms with Gasteiger partial charge in [0.05, 0.1) is 18.4 Å². The molecule has 0 radical (unpaired) electrons. The van der Waals surface area contributed by atoms with E-state index in [2.05, 4.69) is 4.90 Å². The number of aliphatic hydroxyl groups excluding tert-OH is 1. The first kappa shape index (κ1) is 14.2. The Morgan fingerprint density at radius 3 is 2.22 bits per heavy atom. The van der Waals surface area contributed by atoms with Gasteiger partial charge in [-0.1, -0.05) is 0 Å². The number of piperazine rings is 1. The predicted octanol–water partition coefficient (Wildman–Crippen LogP) is -1.34. The molecule has 1 heterocycles. The van der Waals surface area contributed by atoms with Crippen LogP contribution in [0.5, 0.6) is 0 Å². The van der Waals surface area contributed by atoms with E-state index in [1.807, 2.05) is 0 Å². The van der Waals surface area contributed by atoms with Crippen LogP contribution in [0.15, 0.2) is 0 Å². The Morgan fingerprint density at radius 2 is 1.83 bits per heavy atom. The predicted molar refractivity (Wildman–Crippen MR) is 69.6 cm³/mol. The van der Waals surface area contributed by atoms with Gasteiger partial charge in [0, 0.05) is 32.7 Å². The third-order valence-electron chi connectivity index (χ3n) is 4.00. The van der Waals surface area contributed by atoms with Gasteiger partial charge < -0.3 is 10.8 Å². The van der Waals surface area contributed by atoms with E-state index in [4.69, 9.17) is 5.73 Å². The minimum absolute atomic E-state index is 0.00393. The van der Waals surface area contributed by atoms with Gasteiger partial charge in [0.1, 0.15) is 0 Å². The lowest BCUT2D eigenvalue weighted by Crippen LogP contribution is -2.58. The maximum absolute atomic E-state index is 11.4. The smallest absolute Gasteiger partial charge is 0.211 e. The maximum atomic E-state index is 11.4. The highest BCUT2D eigenvalue weighted by Gasteiger charge is 2.43. The van der Waals surface area contributed by atoms with Crippen LogP contribution in [0.2, 0.25) is 0 Å². The van der Waals surface area contributed by atoms with Crippen molar-refractivity contribution in [3.63, 3.8) is 0 Å². The zero-order valence-corrected chi connectivity index (χ0v) is 11.7. The van der Waals surface area contributed by atoms with Crippen LogP contribution in [0.4, 0.5) is 0 Å². The van der Waals surface area contributed by atoms with Gasteiger partial charge in [-0.25, -0.2) is 8.42 Å². The molecule has 2 rings (SSSR count). The fourth-order valence-corrected chi connectivity index (χ4v) is 3.43. The molecule has 1 aliphatic heterocycles. The monoisotopic (exact) mass is 277 g/mol. The van der Waals surface area contributed by atoms with Gasteiger partial charge in [0.15, 0.2) is 0 Å². The van der Waals surface area contributed by atoms with Crippen LogP contribution >= 0.6 is 0 Å². The molecule has 1 saturated carbocycles. The van der Waals surface area contributed by atoms with Crippen molar-refractivity contribution in [3.05, 3.63) is 0 Å². The molecule has 3 N–H and O–H groups in total. The molecule has 0 amide bonds. The third kappa shape index (κ3) is 3.21. The first-order valence-corrected chi connectivity index (χ1v) is 8.27. The maximum Gasteiger partial charge on any atom is 0.211 e. The summed E-state index contributed by atoms with van der Waals surface area (Å²) < 4.78 is 24.3. The van der Waals surface area contributed by atoms with Crippen LogP contribution in [-0.4, -0.2) is 73.9 Å². The molecule has 1 atom stereocenters. The standard InChI is InChI=1S/C11H23N3O3S/c1-18(16,17)14-6-4-13(5-7-14)8-11(12,9-15)10-2-3-10/h10,15H,2-9,12H2,1H3. The molecule has 6 nitrogen and oxygen atoms in total. The number of hydrogen-bond acceptors (Lipinski definition) is 5. The minimum Gasteiger partial charge on any atom is -0.394 e. The summed E-state index contributed by atoms with van der Waals surface area (Å²) in [5, 5.41) is 9.45. The molecule has 1 unspecified atom stereocenters. The van der Waals surface area contributed by atoms with E-state index in [0.29, 0.717) is 38.6 Å². The van der Waals surface area contributed by atoms with Crippen LogP contribution in [0, 0.1) is 5.92 Å². The molecule has 1 aliphatic carbocycles. The van der Waals surface area contributed by atoms with Gasteiger partial charge >= 0.3 is 0 Å². The van der Waals surface area contributed by atoms with Crippen molar-refractivity contribution in [2.45, 2.75) is 18.4 Å². The number of nitrogens with two attached hydrogens (primary N) is 1. The van der Waals surface area contributed by atoms with E-state index in [-0.39, 0.29) is 6.61 Å². The van der Waals surface area contributed by atoms with Crippen LogP contribution in [0.25, 0.3) is 0 Å². The molecule has 106 valence electrons. The number of sulfonamides is 1. The summed E-state index contributed by atoms with van der Waals surface area (Å²) >= 11 is 0. The summed E-state index contributed by atoms with van der Waals surface area (Å²) in [6.07, 6.45) is 3.44. The van der Waals surface area contributed by atoms with Gasteiger partial charge in [0.2, 0.25) is 10.0 Å². The van der Waals surface area contributed by atoms with Gasteiger partial charge in [-0.15, -0.1) is 0 Å². The summed E-state index contributed by atoms with van der Waals surface area (Å²) in [7, 11) is -3.08. The largest absolute Gasteiger partial charge is 0.394 e. The zero-order chi connectivity index (χ0) is 13.4. The minimum atomic E-state index is -3.08. The van der Waals surface area contributed by atoms with E-state index in [1.54, 1.807) is 0 Å².